The standard InChI is InChI=1S/C24H32FN3O2S/c1-17(2)15-28(16-23(29)19-4-6-20(25)7-5-19)24(30)26-22-9-8-21(14-18(22)3)27-10-12-31-13-11-27/h4-9,14,17,23,29H,10-13,15-16H2,1-3H3,(H,26,30). The average molecular weight is 446 g/mol. The number of benzene rings is 2. The number of carbonyl (C=O) groups excluding carboxylic acids is 1. The van der Waals surface area contributed by atoms with E-state index in [1.54, 1.807) is 17.0 Å². The number of nitrogens with one attached hydrogen (secondary N) is 1. The van der Waals surface area contributed by atoms with E-state index in [0.29, 0.717) is 12.1 Å². The summed E-state index contributed by atoms with van der Waals surface area (Å²) in [6.45, 7) is 8.78. The van der Waals surface area contributed by atoms with Gasteiger partial charge in [-0.15, -0.1) is 0 Å². The number of thioether (sulfide) groups is 1. The molecule has 31 heavy (non-hydrogen) atoms. The van der Waals surface area contributed by atoms with Gasteiger partial charge in [0.05, 0.1) is 12.6 Å². The van der Waals surface area contributed by atoms with Crippen LogP contribution in [0.3, 0.4) is 0 Å². The zero-order valence-corrected chi connectivity index (χ0v) is 19.3. The molecule has 1 aliphatic heterocycles. The molecule has 0 aromatic heterocycles. The van der Waals surface area contributed by atoms with Gasteiger partial charge in [-0.1, -0.05) is 26.0 Å². The van der Waals surface area contributed by atoms with Crippen molar-refractivity contribution in [3.05, 3.63) is 59.4 Å². The predicted octanol–water partition coefficient (Wildman–Crippen LogP) is 4.91. The Kier molecular flexibility index (Phi) is 8.21. The lowest BCUT2D eigenvalue weighted by Crippen LogP contribution is -2.40. The van der Waals surface area contributed by atoms with Crippen LogP contribution in [0.1, 0.15) is 31.1 Å². The number of halogens is 1. The highest BCUT2D eigenvalue weighted by molar-refractivity contribution is 7.99. The lowest BCUT2D eigenvalue weighted by atomic mass is 10.1. The van der Waals surface area contributed by atoms with E-state index < -0.39 is 6.10 Å². The SMILES string of the molecule is Cc1cc(N2CCSCC2)ccc1NC(=O)N(CC(C)C)CC(O)c1ccc(F)cc1. The maximum Gasteiger partial charge on any atom is 0.321 e. The highest BCUT2D eigenvalue weighted by Gasteiger charge is 2.21. The molecule has 2 aromatic rings. The van der Waals surface area contributed by atoms with Gasteiger partial charge in [0.15, 0.2) is 0 Å². The summed E-state index contributed by atoms with van der Waals surface area (Å²) in [6.07, 6.45) is -0.884. The Morgan fingerprint density at radius 3 is 2.45 bits per heavy atom. The van der Waals surface area contributed by atoms with E-state index in [0.717, 1.165) is 35.8 Å². The number of aliphatic hydroxyl groups excluding tert-OH is 1. The number of hydrogen-bond acceptors (Lipinski definition) is 4. The molecule has 1 unspecified atom stereocenters. The first-order valence-electron chi connectivity index (χ1n) is 10.8. The zero-order valence-electron chi connectivity index (χ0n) is 18.5. The van der Waals surface area contributed by atoms with Gasteiger partial charge < -0.3 is 20.2 Å². The van der Waals surface area contributed by atoms with Crippen molar-refractivity contribution in [2.75, 3.05) is 47.9 Å². The molecule has 2 N–H and O–H groups in total. The quantitative estimate of drug-likeness (QED) is 0.636. The Bertz CT molecular complexity index is 870. The van der Waals surface area contributed by atoms with Gasteiger partial charge in [0.2, 0.25) is 0 Å². The van der Waals surface area contributed by atoms with Crippen LogP contribution < -0.4 is 10.2 Å². The van der Waals surface area contributed by atoms with E-state index in [2.05, 4.69) is 22.3 Å². The molecule has 0 radical (unpaired) electrons. The van der Waals surface area contributed by atoms with Crippen LogP contribution in [0.15, 0.2) is 42.5 Å². The van der Waals surface area contributed by atoms with Crippen molar-refractivity contribution in [1.29, 1.82) is 0 Å². The van der Waals surface area contributed by atoms with Gasteiger partial charge in [-0.05, 0) is 54.3 Å². The number of aryl methyl sites for hydroxylation is 1. The molecule has 1 heterocycles. The van der Waals surface area contributed by atoms with Crippen LogP contribution in [0.4, 0.5) is 20.6 Å². The molecule has 1 aliphatic rings. The van der Waals surface area contributed by atoms with Crippen molar-refractivity contribution in [2.24, 2.45) is 5.92 Å². The fourth-order valence-electron chi connectivity index (χ4n) is 3.68. The molecule has 0 saturated carbocycles. The van der Waals surface area contributed by atoms with Crippen molar-refractivity contribution in [1.82, 2.24) is 4.90 Å². The number of urea groups is 1. The second-order valence-electron chi connectivity index (χ2n) is 8.39. The van der Waals surface area contributed by atoms with Crippen molar-refractivity contribution in [2.45, 2.75) is 26.9 Å². The molecule has 2 amide bonds. The topological polar surface area (TPSA) is 55.8 Å². The Hall–Kier alpha value is -2.25. The minimum absolute atomic E-state index is 0.137. The van der Waals surface area contributed by atoms with Crippen LogP contribution in [0.5, 0.6) is 0 Å². The van der Waals surface area contributed by atoms with Gasteiger partial charge >= 0.3 is 6.03 Å². The first-order valence-corrected chi connectivity index (χ1v) is 11.9. The first-order chi connectivity index (χ1) is 14.8. The summed E-state index contributed by atoms with van der Waals surface area (Å²) < 4.78 is 13.2. The molecule has 0 aliphatic carbocycles. The lowest BCUT2D eigenvalue weighted by Gasteiger charge is -2.30. The second-order valence-corrected chi connectivity index (χ2v) is 9.62. The van der Waals surface area contributed by atoms with Crippen LogP contribution in [0.2, 0.25) is 0 Å². The Balaban J connectivity index is 1.69. The number of amides is 2. The maximum atomic E-state index is 13.2. The molecule has 7 heteroatoms. The zero-order chi connectivity index (χ0) is 22.4. The highest BCUT2D eigenvalue weighted by atomic mass is 32.2. The molecule has 1 saturated heterocycles. The van der Waals surface area contributed by atoms with E-state index in [4.69, 9.17) is 0 Å². The number of carbonyl (C=O) groups is 1. The number of aliphatic hydroxyl groups is 1. The molecule has 0 spiro atoms. The van der Waals surface area contributed by atoms with Crippen LogP contribution in [0, 0.1) is 18.7 Å². The number of hydrogen-bond donors (Lipinski definition) is 2. The minimum atomic E-state index is -0.884. The molecule has 1 atom stereocenters. The van der Waals surface area contributed by atoms with Gasteiger partial charge in [0, 0.05) is 42.5 Å². The third kappa shape index (κ3) is 6.61. The van der Waals surface area contributed by atoms with E-state index in [-0.39, 0.29) is 24.3 Å². The highest BCUT2D eigenvalue weighted by Crippen LogP contribution is 2.25. The van der Waals surface area contributed by atoms with Gasteiger partial charge in [0.1, 0.15) is 5.82 Å². The summed E-state index contributed by atoms with van der Waals surface area (Å²) in [5.74, 6) is 2.16. The van der Waals surface area contributed by atoms with Crippen LogP contribution in [-0.4, -0.2) is 53.7 Å². The number of rotatable bonds is 7. The van der Waals surface area contributed by atoms with Crippen molar-refractivity contribution < 1.29 is 14.3 Å². The fourth-order valence-corrected chi connectivity index (χ4v) is 4.58. The predicted molar refractivity (Wildman–Crippen MR) is 128 cm³/mol. The summed E-state index contributed by atoms with van der Waals surface area (Å²) in [5.41, 5.74) is 3.54. The lowest BCUT2D eigenvalue weighted by molar-refractivity contribution is 0.121. The van der Waals surface area contributed by atoms with E-state index in [9.17, 15) is 14.3 Å². The molecule has 1 fully saturated rings. The largest absolute Gasteiger partial charge is 0.387 e. The molecular weight excluding hydrogens is 413 g/mol. The third-order valence-electron chi connectivity index (χ3n) is 5.35. The Morgan fingerprint density at radius 1 is 1.16 bits per heavy atom. The second kappa shape index (κ2) is 10.9. The van der Waals surface area contributed by atoms with E-state index in [1.165, 1.54) is 17.8 Å². The van der Waals surface area contributed by atoms with E-state index in [1.807, 2.05) is 38.6 Å². The molecule has 0 bridgehead atoms. The van der Waals surface area contributed by atoms with Gasteiger partial charge in [-0.25, -0.2) is 9.18 Å². The maximum absolute atomic E-state index is 13.2. The van der Waals surface area contributed by atoms with Crippen molar-refractivity contribution in [3.63, 3.8) is 0 Å². The smallest absolute Gasteiger partial charge is 0.321 e. The summed E-state index contributed by atoms with van der Waals surface area (Å²) in [6, 6.07) is 11.6. The molecule has 168 valence electrons. The average Bonchev–Trinajstić information content (AvgIpc) is 2.75. The Labute approximate surface area is 188 Å². The molecule has 3 rings (SSSR count). The van der Waals surface area contributed by atoms with Crippen LogP contribution in [0.25, 0.3) is 0 Å². The first kappa shape index (κ1) is 23.4. The number of nitrogens with zero attached hydrogens (tertiary/aromatic N) is 2. The van der Waals surface area contributed by atoms with Crippen molar-refractivity contribution >= 4 is 29.2 Å². The summed E-state index contributed by atoms with van der Waals surface area (Å²) in [7, 11) is 0. The van der Waals surface area contributed by atoms with Gasteiger partial charge in [-0.2, -0.15) is 11.8 Å². The molecular formula is C24H32FN3O2S. The Morgan fingerprint density at radius 2 is 1.84 bits per heavy atom. The van der Waals surface area contributed by atoms with Gasteiger partial charge in [0.25, 0.3) is 0 Å². The summed E-state index contributed by atoms with van der Waals surface area (Å²) in [5, 5.41) is 13.6. The van der Waals surface area contributed by atoms with Crippen molar-refractivity contribution in [3.8, 4) is 0 Å². The van der Waals surface area contributed by atoms with Gasteiger partial charge in [-0.3, -0.25) is 0 Å². The normalized spacial score (nSPS) is 15.1. The summed E-state index contributed by atoms with van der Waals surface area (Å²) >= 11 is 1.98. The monoisotopic (exact) mass is 445 g/mol. The van der Waals surface area contributed by atoms with E-state index >= 15 is 0 Å². The third-order valence-corrected chi connectivity index (χ3v) is 6.29. The fraction of sp³-hybridized carbons (Fsp3) is 0.458. The summed E-state index contributed by atoms with van der Waals surface area (Å²) in [4.78, 5) is 17.0. The molecule has 2 aromatic carbocycles. The number of anilines is 2. The molecule has 5 nitrogen and oxygen atoms in total. The minimum Gasteiger partial charge on any atom is -0.387 e. The van der Waals surface area contributed by atoms with Crippen LogP contribution >= 0.6 is 11.8 Å². The van der Waals surface area contributed by atoms with Crippen LogP contribution in [-0.2, 0) is 0 Å².